The quantitative estimate of drug-likeness (QED) is 0.851. The maximum atomic E-state index is 10.7. The molecule has 0 aliphatic rings. The molecule has 1 rings (SSSR count). The molecule has 0 radical (unpaired) electrons. The summed E-state index contributed by atoms with van der Waals surface area (Å²) in [6, 6.07) is 5.91. The fourth-order valence-corrected chi connectivity index (χ4v) is 1.34. The predicted octanol–water partition coefficient (Wildman–Crippen LogP) is 2.97. The summed E-state index contributed by atoms with van der Waals surface area (Å²) in [5, 5.41) is 8.79. The van der Waals surface area contributed by atoms with E-state index in [1.165, 1.54) is 6.92 Å². The summed E-state index contributed by atoms with van der Waals surface area (Å²) in [6.45, 7) is 7.63. The largest absolute Gasteiger partial charge is 0.479 e. The Bertz CT molecular complexity index is 383. The summed E-state index contributed by atoms with van der Waals surface area (Å²) >= 11 is 0. The average Bonchev–Trinajstić information content (AvgIpc) is 2.20. The van der Waals surface area contributed by atoms with Crippen LogP contribution in [-0.2, 0) is 4.79 Å². The summed E-state index contributed by atoms with van der Waals surface area (Å²) < 4.78 is 5.40. The molecule has 0 aromatic heterocycles. The molecule has 88 valence electrons. The van der Waals surface area contributed by atoms with Crippen LogP contribution in [0.15, 0.2) is 18.2 Å². The van der Waals surface area contributed by atoms with E-state index in [0.717, 1.165) is 11.1 Å². The molecule has 0 fully saturated rings. The van der Waals surface area contributed by atoms with Crippen LogP contribution in [0, 0.1) is 6.92 Å². The first kappa shape index (κ1) is 12.6. The lowest BCUT2D eigenvalue weighted by Gasteiger charge is -2.15. The van der Waals surface area contributed by atoms with Gasteiger partial charge in [0.2, 0.25) is 0 Å². The molecule has 16 heavy (non-hydrogen) atoms. The first-order chi connectivity index (χ1) is 7.41. The van der Waals surface area contributed by atoms with Gasteiger partial charge >= 0.3 is 5.97 Å². The fraction of sp³-hybridized carbons (Fsp3) is 0.462. The zero-order valence-electron chi connectivity index (χ0n) is 10.2. The summed E-state index contributed by atoms with van der Waals surface area (Å²) in [6.07, 6.45) is -0.818. The molecule has 0 heterocycles. The Morgan fingerprint density at radius 3 is 2.44 bits per heavy atom. The maximum Gasteiger partial charge on any atom is 0.344 e. The van der Waals surface area contributed by atoms with E-state index in [4.69, 9.17) is 9.84 Å². The second-order valence-corrected chi connectivity index (χ2v) is 4.28. The van der Waals surface area contributed by atoms with E-state index in [1.54, 1.807) is 0 Å². The first-order valence-electron chi connectivity index (χ1n) is 5.41. The number of hydrogen-bond acceptors (Lipinski definition) is 2. The monoisotopic (exact) mass is 222 g/mol. The zero-order valence-corrected chi connectivity index (χ0v) is 10.2. The molecule has 1 N–H and O–H groups in total. The molecule has 1 aromatic rings. The van der Waals surface area contributed by atoms with Crippen LogP contribution in [0.1, 0.15) is 37.8 Å². The van der Waals surface area contributed by atoms with Gasteiger partial charge in [-0.15, -0.1) is 0 Å². The van der Waals surface area contributed by atoms with Gasteiger partial charge in [-0.05, 0) is 37.0 Å². The van der Waals surface area contributed by atoms with Crippen molar-refractivity contribution >= 4 is 5.97 Å². The third-order valence-corrected chi connectivity index (χ3v) is 2.53. The Morgan fingerprint density at radius 2 is 1.94 bits per heavy atom. The van der Waals surface area contributed by atoms with E-state index < -0.39 is 12.1 Å². The van der Waals surface area contributed by atoms with E-state index in [0.29, 0.717) is 11.7 Å². The average molecular weight is 222 g/mol. The van der Waals surface area contributed by atoms with Gasteiger partial charge in [0.1, 0.15) is 5.75 Å². The number of carboxylic acid groups (broad SMARTS) is 1. The van der Waals surface area contributed by atoms with Gasteiger partial charge in [-0.25, -0.2) is 4.79 Å². The molecule has 0 saturated heterocycles. The zero-order chi connectivity index (χ0) is 12.3. The third kappa shape index (κ3) is 2.99. The van der Waals surface area contributed by atoms with Crippen molar-refractivity contribution in [3.05, 3.63) is 29.3 Å². The van der Waals surface area contributed by atoms with Gasteiger partial charge in [-0.3, -0.25) is 0 Å². The Labute approximate surface area is 96.1 Å². The van der Waals surface area contributed by atoms with Crippen molar-refractivity contribution in [1.29, 1.82) is 0 Å². The highest BCUT2D eigenvalue weighted by Crippen LogP contribution is 2.25. The number of carboxylic acids is 1. The number of ether oxygens (including phenoxy) is 1. The van der Waals surface area contributed by atoms with Crippen LogP contribution in [0.25, 0.3) is 0 Å². The SMILES string of the molecule is Cc1ccc(C(C)C)cc1OC(C)C(=O)O. The van der Waals surface area contributed by atoms with Crippen LogP contribution in [-0.4, -0.2) is 17.2 Å². The molecule has 0 amide bonds. The molecule has 1 atom stereocenters. The summed E-state index contributed by atoms with van der Waals surface area (Å²) in [5.74, 6) is 0.110. The van der Waals surface area contributed by atoms with Gasteiger partial charge in [0.25, 0.3) is 0 Å². The first-order valence-corrected chi connectivity index (χ1v) is 5.41. The number of benzene rings is 1. The van der Waals surface area contributed by atoms with Gasteiger partial charge < -0.3 is 9.84 Å². The topological polar surface area (TPSA) is 46.5 Å². The summed E-state index contributed by atoms with van der Waals surface area (Å²) in [4.78, 5) is 10.7. The minimum Gasteiger partial charge on any atom is -0.479 e. The van der Waals surface area contributed by atoms with Gasteiger partial charge in [0.05, 0.1) is 0 Å². The fourth-order valence-electron chi connectivity index (χ4n) is 1.34. The second-order valence-electron chi connectivity index (χ2n) is 4.28. The Hall–Kier alpha value is -1.51. The molecule has 1 aromatic carbocycles. The number of rotatable bonds is 4. The van der Waals surface area contributed by atoms with Crippen LogP contribution in [0.2, 0.25) is 0 Å². The van der Waals surface area contributed by atoms with Crippen LogP contribution in [0.3, 0.4) is 0 Å². The van der Waals surface area contributed by atoms with Crippen molar-refractivity contribution in [2.45, 2.75) is 39.7 Å². The smallest absolute Gasteiger partial charge is 0.344 e. The highest BCUT2D eigenvalue weighted by atomic mass is 16.5. The normalized spacial score (nSPS) is 12.6. The highest BCUT2D eigenvalue weighted by Gasteiger charge is 2.14. The van der Waals surface area contributed by atoms with E-state index in [-0.39, 0.29) is 0 Å². The molecular formula is C13H18O3. The lowest BCUT2D eigenvalue weighted by atomic mass is 10.0. The van der Waals surface area contributed by atoms with Gasteiger partial charge in [0.15, 0.2) is 6.10 Å². The number of aliphatic carboxylic acids is 1. The summed E-state index contributed by atoms with van der Waals surface area (Å²) in [5.41, 5.74) is 2.11. The number of aryl methyl sites for hydroxylation is 1. The van der Waals surface area contributed by atoms with Crippen LogP contribution in [0.5, 0.6) is 5.75 Å². The van der Waals surface area contributed by atoms with Crippen molar-refractivity contribution in [2.24, 2.45) is 0 Å². The van der Waals surface area contributed by atoms with E-state index in [1.807, 2.05) is 25.1 Å². The van der Waals surface area contributed by atoms with E-state index in [2.05, 4.69) is 13.8 Å². The highest BCUT2D eigenvalue weighted by molar-refractivity contribution is 5.72. The third-order valence-electron chi connectivity index (χ3n) is 2.53. The Balaban J connectivity index is 2.94. The van der Waals surface area contributed by atoms with Crippen molar-refractivity contribution in [3.8, 4) is 5.75 Å². The molecule has 0 bridgehead atoms. The molecule has 0 aliphatic carbocycles. The van der Waals surface area contributed by atoms with Crippen LogP contribution in [0.4, 0.5) is 0 Å². The molecule has 3 nitrogen and oxygen atoms in total. The van der Waals surface area contributed by atoms with Crippen molar-refractivity contribution < 1.29 is 14.6 Å². The molecule has 1 unspecified atom stereocenters. The standard InChI is InChI=1S/C13H18O3/c1-8(2)11-6-5-9(3)12(7-11)16-10(4)13(14)15/h5-8,10H,1-4H3,(H,14,15). The van der Waals surface area contributed by atoms with E-state index in [9.17, 15) is 4.79 Å². The minimum absolute atomic E-state index is 0.406. The summed E-state index contributed by atoms with van der Waals surface area (Å²) in [7, 11) is 0. The van der Waals surface area contributed by atoms with E-state index >= 15 is 0 Å². The molecule has 3 heteroatoms. The second kappa shape index (κ2) is 5.01. The van der Waals surface area contributed by atoms with Crippen LogP contribution < -0.4 is 4.74 Å². The van der Waals surface area contributed by atoms with Gasteiger partial charge in [0, 0.05) is 0 Å². The Morgan fingerprint density at radius 1 is 1.31 bits per heavy atom. The number of carbonyl (C=O) groups is 1. The predicted molar refractivity (Wildman–Crippen MR) is 63.0 cm³/mol. The Kier molecular flexibility index (Phi) is 3.93. The number of hydrogen-bond donors (Lipinski definition) is 1. The maximum absolute atomic E-state index is 10.7. The molecular weight excluding hydrogens is 204 g/mol. The lowest BCUT2D eigenvalue weighted by molar-refractivity contribution is -0.144. The molecule has 0 spiro atoms. The minimum atomic E-state index is -0.950. The lowest BCUT2D eigenvalue weighted by Crippen LogP contribution is -2.23. The van der Waals surface area contributed by atoms with Crippen molar-refractivity contribution in [2.75, 3.05) is 0 Å². The van der Waals surface area contributed by atoms with Crippen molar-refractivity contribution in [1.82, 2.24) is 0 Å². The molecule has 0 aliphatic heterocycles. The van der Waals surface area contributed by atoms with Crippen LogP contribution >= 0.6 is 0 Å². The molecule has 0 saturated carbocycles. The van der Waals surface area contributed by atoms with Gasteiger partial charge in [-0.2, -0.15) is 0 Å². The van der Waals surface area contributed by atoms with Gasteiger partial charge in [-0.1, -0.05) is 26.0 Å². The van der Waals surface area contributed by atoms with Crippen molar-refractivity contribution in [3.63, 3.8) is 0 Å².